The van der Waals surface area contributed by atoms with E-state index in [2.05, 4.69) is 27.1 Å². The summed E-state index contributed by atoms with van der Waals surface area (Å²) >= 11 is 1.71. The summed E-state index contributed by atoms with van der Waals surface area (Å²) in [5, 5.41) is 3.28. The standard InChI is InChI=1S/C17H27N3O2S/c1-14-18-15(12-23-14)11-19-8-4-7-17(13-19)6-3-5-16(21)20(17)9-10-22-2/h12H,3-11,13H2,1-2H3/t17-/m0/s1. The van der Waals surface area contributed by atoms with Gasteiger partial charge in [-0.25, -0.2) is 4.98 Å². The molecule has 2 aliphatic rings. The van der Waals surface area contributed by atoms with Gasteiger partial charge in [-0.3, -0.25) is 9.69 Å². The van der Waals surface area contributed by atoms with Crippen molar-refractivity contribution in [2.45, 2.75) is 51.1 Å². The largest absolute Gasteiger partial charge is 0.383 e. The van der Waals surface area contributed by atoms with E-state index in [0.717, 1.165) is 62.6 Å². The number of likely N-dealkylation sites (tertiary alicyclic amines) is 2. The van der Waals surface area contributed by atoms with Gasteiger partial charge in [0.2, 0.25) is 5.91 Å². The summed E-state index contributed by atoms with van der Waals surface area (Å²) in [6.45, 7) is 6.37. The quantitative estimate of drug-likeness (QED) is 0.828. The molecule has 1 atom stereocenters. The molecule has 23 heavy (non-hydrogen) atoms. The van der Waals surface area contributed by atoms with Gasteiger partial charge in [0.15, 0.2) is 0 Å². The number of aromatic nitrogens is 1. The third-order valence-electron chi connectivity index (χ3n) is 5.11. The minimum absolute atomic E-state index is 0.0111. The van der Waals surface area contributed by atoms with Gasteiger partial charge in [0.1, 0.15) is 0 Å². The van der Waals surface area contributed by atoms with Gasteiger partial charge in [0, 0.05) is 38.5 Å². The average Bonchev–Trinajstić information content (AvgIpc) is 2.92. The summed E-state index contributed by atoms with van der Waals surface area (Å²) in [6.07, 6.45) is 5.10. The highest BCUT2D eigenvalue weighted by Crippen LogP contribution is 2.37. The first-order chi connectivity index (χ1) is 11.1. The van der Waals surface area contributed by atoms with E-state index in [9.17, 15) is 4.79 Å². The Hall–Kier alpha value is -0.980. The monoisotopic (exact) mass is 337 g/mol. The van der Waals surface area contributed by atoms with Crippen molar-refractivity contribution in [3.63, 3.8) is 0 Å². The number of piperidine rings is 2. The van der Waals surface area contributed by atoms with Gasteiger partial charge in [-0.15, -0.1) is 11.3 Å². The fourth-order valence-electron chi connectivity index (χ4n) is 4.12. The van der Waals surface area contributed by atoms with Crippen molar-refractivity contribution in [1.82, 2.24) is 14.8 Å². The van der Waals surface area contributed by atoms with Gasteiger partial charge < -0.3 is 9.64 Å². The molecule has 3 rings (SSSR count). The second-order valence-electron chi connectivity index (χ2n) is 6.79. The normalized spacial score (nSPS) is 26.2. The molecular weight excluding hydrogens is 310 g/mol. The minimum atomic E-state index is 0.0111. The van der Waals surface area contributed by atoms with Gasteiger partial charge in [0.05, 0.1) is 22.8 Å². The zero-order chi connectivity index (χ0) is 16.3. The van der Waals surface area contributed by atoms with E-state index < -0.39 is 0 Å². The smallest absolute Gasteiger partial charge is 0.223 e. The molecule has 0 aromatic carbocycles. The number of hydrogen-bond donors (Lipinski definition) is 0. The van der Waals surface area contributed by atoms with Crippen LogP contribution in [0.1, 0.15) is 42.8 Å². The highest BCUT2D eigenvalue weighted by Gasteiger charge is 2.44. The fourth-order valence-corrected chi connectivity index (χ4v) is 4.73. The molecule has 1 amide bonds. The van der Waals surface area contributed by atoms with E-state index in [1.807, 2.05) is 0 Å². The Balaban J connectivity index is 1.72. The summed E-state index contributed by atoms with van der Waals surface area (Å²) in [7, 11) is 1.71. The Morgan fingerprint density at radius 2 is 2.22 bits per heavy atom. The Morgan fingerprint density at radius 3 is 2.96 bits per heavy atom. The topological polar surface area (TPSA) is 45.7 Å². The molecule has 0 aliphatic carbocycles. The van der Waals surface area contributed by atoms with Crippen molar-refractivity contribution in [1.29, 1.82) is 0 Å². The second kappa shape index (κ2) is 7.28. The van der Waals surface area contributed by atoms with Crippen molar-refractivity contribution in [2.75, 3.05) is 33.4 Å². The van der Waals surface area contributed by atoms with Crippen molar-refractivity contribution < 1.29 is 9.53 Å². The maximum absolute atomic E-state index is 12.5. The predicted octanol–water partition coefficient (Wildman–Crippen LogP) is 2.45. The lowest BCUT2D eigenvalue weighted by molar-refractivity contribution is -0.147. The Labute approximate surface area is 142 Å². The maximum atomic E-state index is 12.5. The van der Waals surface area contributed by atoms with E-state index in [1.165, 1.54) is 0 Å². The van der Waals surface area contributed by atoms with Gasteiger partial charge in [-0.2, -0.15) is 0 Å². The summed E-state index contributed by atoms with van der Waals surface area (Å²) < 4.78 is 5.24. The Kier molecular flexibility index (Phi) is 5.34. The number of ether oxygens (including phenoxy) is 1. The zero-order valence-corrected chi connectivity index (χ0v) is 15.0. The lowest BCUT2D eigenvalue weighted by atomic mass is 9.79. The van der Waals surface area contributed by atoms with E-state index in [4.69, 9.17) is 4.74 Å². The summed E-state index contributed by atoms with van der Waals surface area (Å²) in [6, 6.07) is 0. The first-order valence-electron chi connectivity index (χ1n) is 8.56. The molecule has 0 bridgehead atoms. The van der Waals surface area contributed by atoms with Gasteiger partial charge in [-0.05, 0) is 39.2 Å². The molecule has 0 radical (unpaired) electrons. The third kappa shape index (κ3) is 3.75. The highest BCUT2D eigenvalue weighted by molar-refractivity contribution is 7.09. The maximum Gasteiger partial charge on any atom is 0.223 e. The Bertz CT molecular complexity index is 544. The number of methoxy groups -OCH3 is 1. The predicted molar refractivity (Wildman–Crippen MR) is 91.5 cm³/mol. The van der Waals surface area contributed by atoms with Crippen LogP contribution >= 0.6 is 11.3 Å². The average molecular weight is 337 g/mol. The van der Waals surface area contributed by atoms with Gasteiger partial charge >= 0.3 is 0 Å². The number of carbonyl (C=O) groups excluding carboxylic acids is 1. The first kappa shape index (κ1) is 16.9. The number of nitrogens with zero attached hydrogens (tertiary/aromatic N) is 3. The lowest BCUT2D eigenvalue weighted by Crippen LogP contribution is -2.62. The third-order valence-corrected chi connectivity index (χ3v) is 5.93. The van der Waals surface area contributed by atoms with Crippen LogP contribution in [0.4, 0.5) is 0 Å². The number of thiazole rings is 1. The summed E-state index contributed by atoms with van der Waals surface area (Å²) in [4.78, 5) is 21.7. The zero-order valence-electron chi connectivity index (χ0n) is 14.2. The fraction of sp³-hybridized carbons (Fsp3) is 0.765. The number of amides is 1. The van der Waals surface area contributed by atoms with Crippen LogP contribution in [0.15, 0.2) is 5.38 Å². The molecule has 0 unspecified atom stereocenters. The Morgan fingerprint density at radius 1 is 1.39 bits per heavy atom. The van der Waals surface area contributed by atoms with Crippen LogP contribution in [0, 0.1) is 6.92 Å². The molecule has 2 aliphatic heterocycles. The molecule has 2 saturated heterocycles. The van der Waals surface area contributed by atoms with E-state index in [-0.39, 0.29) is 5.54 Å². The van der Waals surface area contributed by atoms with Crippen molar-refractivity contribution >= 4 is 17.2 Å². The second-order valence-corrected chi connectivity index (χ2v) is 7.85. The molecule has 1 aromatic heterocycles. The van der Waals surface area contributed by atoms with Crippen LogP contribution in [0.3, 0.4) is 0 Å². The van der Waals surface area contributed by atoms with Gasteiger partial charge in [0.25, 0.3) is 0 Å². The van der Waals surface area contributed by atoms with Crippen molar-refractivity contribution in [3.8, 4) is 0 Å². The van der Waals surface area contributed by atoms with E-state index in [0.29, 0.717) is 18.9 Å². The van der Waals surface area contributed by atoms with Crippen molar-refractivity contribution in [2.24, 2.45) is 0 Å². The van der Waals surface area contributed by atoms with Crippen LogP contribution in [-0.2, 0) is 16.1 Å². The minimum Gasteiger partial charge on any atom is -0.383 e. The molecule has 1 spiro atoms. The van der Waals surface area contributed by atoms with Crippen molar-refractivity contribution in [3.05, 3.63) is 16.1 Å². The van der Waals surface area contributed by atoms with Crippen LogP contribution in [-0.4, -0.2) is 59.6 Å². The van der Waals surface area contributed by atoms with Crippen LogP contribution < -0.4 is 0 Å². The van der Waals surface area contributed by atoms with Gasteiger partial charge in [-0.1, -0.05) is 0 Å². The molecule has 0 saturated carbocycles. The SMILES string of the molecule is COCCN1C(=O)CCC[C@@]12CCCN(Cc1csc(C)n1)C2. The number of rotatable bonds is 5. The van der Waals surface area contributed by atoms with Crippen LogP contribution in [0.25, 0.3) is 0 Å². The number of carbonyl (C=O) groups is 1. The molecular formula is C17H27N3O2S. The van der Waals surface area contributed by atoms with Crippen LogP contribution in [0.5, 0.6) is 0 Å². The number of aryl methyl sites for hydroxylation is 1. The van der Waals surface area contributed by atoms with E-state index in [1.54, 1.807) is 18.4 Å². The molecule has 3 heterocycles. The molecule has 5 nitrogen and oxygen atoms in total. The van der Waals surface area contributed by atoms with E-state index >= 15 is 0 Å². The molecule has 0 N–H and O–H groups in total. The number of hydrogen-bond acceptors (Lipinski definition) is 5. The molecule has 1 aromatic rings. The summed E-state index contributed by atoms with van der Waals surface area (Å²) in [5.74, 6) is 0.305. The first-order valence-corrected chi connectivity index (χ1v) is 9.44. The molecule has 128 valence electrons. The molecule has 2 fully saturated rings. The summed E-state index contributed by atoms with van der Waals surface area (Å²) in [5.41, 5.74) is 1.17. The highest BCUT2D eigenvalue weighted by atomic mass is 32.1. The van der Waals surface area contributed by atoms with Crippen LogP contribution in [0.2, 0.25) is 0 Å². The lowest BCUT2D eigenvalue weighted by Gasteiger charge is -2.52. The molecule has 6 heteroatoms.